The van der Waals surface area contributed by atoms with Gasteiger partial charge in [-0.1, -0.05) is 6.08 Å². The third-order valence-electron chi connectivity index (χ3n) is 0.402. The highest BCUT2D eigenvalue weighted by Crippen LogP contribution is 1.96. The first kappa shape index (κ1) is 6.58. The Morgan fingerprint density at radius 2 is 2.57 bits per heavy atom. The Morgan fingerprint density at radius 1 is 1.86 bits per heavy atom. The molecule has 0 aliphatic rings. The standard InChI is InChI=1S/C5H6NS/c1-7-5-3-2-4-6/h3,5H,1-2H2/b5-3-. The zero-order valence-electron chi connectivity index (χ0n) is 3.92. The molecule has 0 aliphatic heterocycles. The lowest BCUT2D eigenvalue weighted by molar-refractivity contribution is 1.36. The molecule has 37 valence electrons. The molecule has 0 saturated carbocycles. The smallest absolute Gasteiger partial charge is 0.0663 e. The quantitative estimate of drug-likeness (QED) is 0.545. The number of rotatable bonds is 2. The molecule has 1 nitrogen and oxygen atoms in total. The fraction of sp³-hybridized carbons (Fsp3) is 0.200. The van der Waals surface area contributed by atoms with Crippen LogP contribution in [-0.2, 0) is 0 Å². The zero-order chi connectivity index (χ0) is 5.54. The van der Waals surface area contributed by atoms with E-state index >= 15 is 0 Å². The second-order valence-corrected chi connectivity index (χ2v) is 1.51. The third kappa shape index (κ3) is 5.58. The number of nitrogens with zero attached hydrogens (tertiary/aromatic N) is 1. The molecule has 0 rings (SSSR count). The van der Waals surface area contributed by atoms with Crippen LogP contribution >= 0.6 is 11.8 Å². The van der Waals surface area contributed by atoms with Gasteiger partial charge in [0, 0.05) is 6.26 Å². The van der Waals surface area contributed by atoms with Gasteiger partial charge in [0.15, 0.2) is 0 Å². The van der Waals surface area contributed by atoms with Crippen LogP contribution in [-0.4, -0.2) is 0 Å². The minimum Gasteiger partial charge on any atom is -0.198 e. The Bertz CT molecular complexity index is 90.7. The van der Waals surface area contributed by atoms with Crippen molar-refractivity contribution >= 4 is 11.8 Å². The molecule has 0 bridgehead atoms. The Kier molecular flexibility index (Phi) is 5.25. The first-order valence-electron chi connectivity index (χ1n) is 1.84. The van der Waals surface area contributed by atoms with Gasteiger partial charge < -0.3 is 0 Å². The lowest BCUT2D eigenvalue weighted by Gasteiger charge is -1.71. The maximum atomic E-state index is 7.96. The van der Waals surface area contributed by atoms with E-state index in [0.29, 0.717) is 6.42 Å². The van der Waals surface area contributed by atoms with E-state index in [4.69, 9.17) is 5.26 Å². The summed E-state index contributed by atoms with van der Waals surface area (Å²) in [5.74, 6) is 0. The second-order valence-electron chi connectivity index (χ2n) is 0.901. The van der Waals surface area contributed by atoms with Crippen molar-refractivity contribution in [3.8, 4) is 6.07 Å². The zero-order valence-corrected chi connectivity index (χ0v) is 4.74. The molecule has 0 aliphatic carbocycles. The summed E-state index contributed by atoms with van der Waals surface area (Å²) in [6, 6.07) is 1.97. The third-order valence-corrected chi connectivity index (χ3v) is 0.786. The summed E-state index contributed by atoms with van der Waals surface area (Å²) >= 11 is 1.36. The number of thioether (sulfide) groups is 1. The molecule has 0 fully saturated rings. The molecule has 0 saturated heterocycles. The van der Waals surface area contributed by atoms with Crippen LogP contribution in [0.4, 0.5) is 0 Å². The van der Waals surface area contributed by atoms with Gasteiger partial charge in [-0.05, 0) is 5.41 Å². The molecule has 0 aromatic rings. The maximum Gasteiger partial charge on any atom is 0.0663 e. The monoisotopic (exact) mass is 112 g/mol. The number of allylic oxidation sites excluding steroid dienone is 1. The number of nitriles is 1. The lowest BCUT2D eigenvalue weighted by atomic mass is 10.5. The molecule has 0 heterocycles. The molecular weight excluding hydrogens is 106 g/mol. The van der Waals surface area contributed by atoms with Crippen LogP contribution in [0, 0.1) is 17.6 Å². The highest BCUT2D eigenvalue weighted by Gasteiger charge is 1.66. The van der Waals surface area contributed by atoms with Crippen LogP contribution in [0.5, 0.6) is 0 Å². The minimum absolute atomic E-state index is 0.489. The van der Waals surface area contributed by atoms with Gasteiger partial charge in [-0.25, -0.2) is 0 Å². The van der Waals surface area contributed by atoms with Crippen molar-refractivity contribution in [2.45, 2.75) is 6.42 Å². The molecule has 0 aromatic heterocycles. The van der Waals surface area contributed by atoms with E-state index in [2.05, 4.69) is 6.26 Å². The van der Waals surface area contributed by atoms with Crippen LogP contribution in [0.15, 0.2) is 11.5 Å². The molecule has 1 radical (unpaired) electrons. The predicted molar refractivity (Wildman–Crippen MR) is 32.3 cm³/mol. The largest absolute Gasteiger partial charge is 0.198 e. The Labute approximate surface area is 48.0 Å². The van der Waals surface area contributed by atoms with Gasteiger partial charge >= 0.3 is 0 Å². The van der Waals surface area contributed by atoms with E-state index in [-0.39, 0.29) is 0 Å². The molecular formula is C5H6NS. The molecule has 0 aromatic carbocycles. The average molecular weight is 112 g/mol. The molecule has 7 heavy (non-hydrogen) atoms. The summed E-state index contributed by atoms with van der Waals surface area (Å²) in [6.07, 6.45) is 5.74. The SMILES string of the molecule is [CH2]S/C=C\CC#N. The molecule has 2 heteroatoms. The van der Waals surface area contributed by atoms with Gasteiger partial charge in [-0.3, -0.25) is 0 Å². The molecule has 0 amide bonds. The number of hydrogen-bond donors (Lipinski definition) is 0. The van der Waals surface area contributed by atoms with Crippen LogP contribution < -0.4 is 0 Å². The summed E-state index contributed by atoms with van der Waals surface area (Å²) in [7, 11) is 0. The van der Waals surface area contributed by atoms with Crippen LogP contribution in [0.1, 0.15) is 6.42 Å². The fourth-order valence-corrected chi connectivity index (χ4v) is 0.401. The Morgan fingerprint density at radius 3 is 3.00 bits per heavy atom. The van der Waals surface area contributed by atoms with Gasteiger partial charge in [-0.15, -0.1) is 11.8 Å². The van der Waals surface area contributed by atoms with Crippen molar-refractivity contribution in [2.24, 2.45) is 0 Å². The fourth-order valence-electron chi connectivity index (χ4n) is 0.169. The summed E-state index contributed by atoms with van der Waals surface area (Å²) in [6.45, 7) is 0. The van der Waals surface area contributed by atoms with E-state index in [1.807, 2.05) is 6.07 Å². The molecule has 0 atom stereocenters. The average Bonchev–Trinajstić information content (AvgIpc) is 1.69. The van der Waals surface area contributed by atoms with Crippen molar-refractivity contribution in [3.05, 3.63) is 17.7 Å². The molecule has 0 spiro atoms. The van der Waals surface area contributed by atoms with Crippen molar-refractivity contribution in [3.63, 3.8) is 0 Å². The minimum atomic E-state index is 0.489. The van der Waals surface area contributed by atoms with Gasteiger partial charge in [0.2, 0.25) is 0 Å². The van der Waals surface area contributed by atoms with Crippen molar-refractivity contribution in [1.29, 1.82) is 5.26 Å². The van der Waals surface area contributed by atoms with E-state index in [1.54, 1.807) is 11.5 Å². The summed E-state index contributed by atoms with van der Waals surface area (Å²) in [4.78, 5) is 0. The van der Waals surface area contributed by atoms with E-state index in [0.717, 1.165) is 0 Å². The van der Waals surface area contributed by atoms with Crippen LogP contribution in [0.25, 0.3) is 0 Å². The second kappa shape index (κ2) is 5.58. The topological polar surface area (TPSA) is 23.8 Å². The lowest BCUT2D eigenvalue weighted by Crippen LogP contribution is -1.50. The first-order chi connectivity index (χ1) is 3.41. The molecule has 0 N–H and O–H groups in total. The van der Waals surface area contributed by atoms with E-state index in [1.165, 1.54) is 11.8 Å². The van der Waals surface area contributed by atoms with Crippen LogP contribution in [0.2, 0.25) is 0 Å². The highest BCUT2D eigenvalue weighted by molar-refractivity contribution is 8.03. The Balaban J connectivity index is 2.97. The van der Waals surface area contributed by atoms with Crippen LogP contribution in [0.3, 0.4) is 0 Å². The highest BCUT2D eigenvalue weighted by atomic mass is 32.2. The number of hydrogen-bond acceptors (Lipinski definition) is 2. The van der Waals surface area contributed by atoms with Gasteiger partial charge in [0.05, 0.1) is 12.5 Å². The first-order valence-corrected chi connectivity index (χ1v) is 2.89. The van der Waals surface area contributed by atoms with E-state index in [9.17, 15) is 0 Å². The molecule has 0 unspecified atom stereocenters. The normalized spacial score (nSPS) is 9.14. The van der Waals surface area contributed by atoms with Gasteiger partial charge in [0.1, 0.15) is 0 Å². The maximum absolute atomic E-state index is 7.96. The van der Waals surface area contributed by atoms with E-state index < -0.39 is 0 Å². The summed E-state index contributed by atoms with van der Waals surface area (Å²) in [5.41, 5.74) is 0. The summed E-state index contributed by atoms with van der Waals surface area (Å²) in [5, 5.41) is 9.76. The van der Waals surface area contributed by atoms with Crippen molar-refractivity contribution < 1.29 is 0 Å². The van der Waals surface area contributed by atoms with Crippen molar-refractivity contribution in [2.75, 3.05) is 0 Å². The van der Waals surface area contributed by atoms with Crippen molar-refractivity contribution in [1.82, 2.24) is 0 Å². The Hall–Kier alpha value is -0.420. The van der Waals surface area contributed by atoms with Gasteiger partial charge in [-0.2, -0.15) is 5.26 Å². The predicted octanol–water partition coefficient (Wildman–Crippen LogP) is 1.94. The van der Waals surface area contributed by atoms with Gasteiger partial charge in [0.25, 0.3) is 0 Å². The summed E-state index contributed by atoms with van der Waals surface area (Å²) < 4.78 is 0.